The molecule has 0 aliphatic heterocycles. The number of carbonyl (C=O) groups is 1. The van der Waals surface area contributed by atoms with E-state index >= 15 is 0 Å². The molecule has 0 fully saturated rings. The molecule has 1 N–H and O–H groups in total. The third kappa shape index (κ3) is 5.07. The van der Waals surface area contributed by atoms with Gasteiger partial charge in [-0.25, -0.2) is 0 Å². The zero-order valence-corrected chi connectivity index (χ0v) is 12.0. The van der Waals surface area contributed by atoms with Crippen LogP contribution in [0.25, 0.3) is 0 Å². The molecule has 0 saturated heterocycles. The Hall–Kier alpha value is -1.06. The van der Waals surface area contributed by atoms with Crippen LogP contribution in [-0.2, 0) is 4.79 Å². The van der Waals surface area contributed by atoms with Gasteiger partial charge in [0.25, 0.3) is 0 Å². The molecule has 0 aliphatic rings. The molecule has 100 valence electrons. The van der Waals surface area contributed by atoms with Gasteiger partial charge in [-0.2, -0.15) is 0 Å². The van der Waals surface area contributed by atoms with Crippen molar-refractivity contribution in [2.45, 2.75) is 25.8 Å². The maximum absolute atomic E-state index is 11.6. The van der Waals surface area contributed by atoms with Crippen molar-refractivity contribution in [3.8, 4) is 0 Å². The Morgan fingerprint density at radius 2 is 1.94 bits per heavy atom. The third-order valence-corrected chi connectivity index (χ3v) is 3.05. The summed E-state index contributed by atoms with van der Waals surface area (Å²) in [4.78, 5) is 13.7. The Labute approximate surface area is 114 Å². The lowest BCUT2D eigenvalue weighted by Crippen LogP contribution is -2.30. The highest BCUT2D eigenvalue weighted by Gasteiger charge is 2.13. The molecule has 4 heteroatoms. The Bertz CT molecular complexity index is 376. The molecule has 0 bridgehead atoms. The van der Waals surface area contributed by atoms with Crippen molar-refractivity contribution < 1.29 is 4.79 Å². The minimum absolute atomic E-state index is 0.0529. The highest BCUT2D eigenvalue weighted by Crippen LogP contribution is 2.19. The summed E-state index contributed by atoms with van der Waals surface area (Å²) in [6.45, 7) is 2.79. The van der Waals surface area contributed by atoms with E-state index in [0.717, 1.165) is 18.5 Å². The highest BCUT2D eigenvalue weighted by atomic mass is 35.5. The number of halogens is 1. The first-order chi connectivity index (χ1) is 8.52. The van der Waals surface area contributed by atoms with Gasteiger partial charge in [-0.15, -0.1) is 0 Å². The van der Waals surface area contributed by atoms with Crippen molar-refractivity contribution in [2.24, 2.45) is 0 Å². The van der Waals surface area contributed by atoms with Gasteiger partial charge in [0.15, 0.2) is 0 Å². The van der Waals surface area contributed by atoms with Gasteiger partial charge >= 0.3 is 0 Å². The van der Waals surface area contributed by atoms with Crippen molar-refractivity contribution in [3.63, 3.8) is 0 Å². The first-order valence-corrected chi connectivity index (χ1v) is 6.60. The molecule has 0 saturated carbocycles. The molecular formula is C14H21ClN2O. The van der Waals surface area contributed by atoms with Crippen LogP contribution in [-0.4, -0.2) is 31.4 Å². The Morgan fingerprint density at radius 3 is 2.44 bits per heavy atom. The molecule has 0 aliphatic carbocycles. The molecule has 1 aromatic carbocycles. The molecule has 3 nitrogen and oxygen atoms in total. The SMILES string of the molecule is CCC(=O)NC(CCN(C)C)c1ccc(Cl)cc1. The molecule has 1 unspecified atom stereocenters. The van der Waals surface area contributed by atoms with Gasteiger partial charge in [0.2, 0.25) is 5.91 Å². The maximum Gasteiger partial charge on any atom is 0.220 e. The first kappa shape index (κ1) is 15.0. The van der Waals surface area contributed by atoms with Crippen LogP contribution < -0.4 is 5.32 Å². The van der Waals surface area contributed by atoms with Gasteiger partial charge in [0.05, 0.1) is 6.04 Å². The fraction of sp³-hybridized carbons (Fsp3) is 0.500. The van der Waals surface area contributed by atoms with E-state index in [-0.39, 0.29) is 11.9 Å². The Morgan fingerprint density at radius 1 is 1.33 bits per heavy atom. The molecule has 0 radical (unpaired) electrons. The van der Waals surface area contributed by atoms with Gasteiger partial charge < -0.3 is 10.2 Å². The Balaban J connectivity index is 2.75. The van der Waals surface area contributed by atoms with Gasteiger partial charge in [-0.05, 0) is 44.8 Å². The minimum Gasteiger partial charge on any atom is -0.349 e. The zero-order chi connectivity index (χ0) is 13.5. The fourth-order valence-electron chi connectivity index (χ4n) is 1.70. The van der Waals surface area contributed by atoms with Gasteiger partial charge in [0.1, 0.15) is 0 Å². The van der Waals surface area contributed by atoms with Crippen LogP contribution in [0.2, 0.25) is 5.02 Å². The number of hydrogen-bond acceptors (Lipinski definition) is 2. The molecule has 18 heavy (non-hydrogen) atoms. The summed E-state index contributed by atoms with van der Waals surface area (Å²) >= 11 is 5.88. The number of nitrogens with zero attached hydrogens (tertiary/aromatic N) is 1. The predicted octanol–water partition coefficient (Wildman–Crippen LogP) is 2.86. The van der Waals surface area contributed by atoms with E-state index < -0.39 is 0 Å². The maximum atomic E-state index is 11.6. The largest absolute Gasteiger partial charge is 0.349 e. The summed E-state index contributed by atoms with van der Waals surface area (Å²) < 4.78 is 0. The van der Waals surface area contributed by atoms with Gasteiger partial charge in [-0.3, -0.25) is 4.79 Å². The summed E-state index contributed by atoms with van der Waals surface area (Å²) in [5.41, 5.74) is 1.10. The third-order valence-electron chi connectivity index (χ3n) is 2.79. The van der Waals surface area contributed by atoms with Crippen LogP contribution in [0.5, 0.6) is 0 Å². The number of rotatable bonds is 6. The summed E-state index contributed by atoms with van der Waals surface area (Å²) in [5.74, 6) is 0.0775. The molecule has 0 spiro atoms. The van der Waals surface area contributed by atoms with E-state index in [1.807, 2.05) is 45.3 Å². The summed E-state index contributed by atoms with van der Waals surface area (Å²) in [7, 11) is 4.06. The second-order valence-corrected chi connectivity index (χ2v) is 5.05. The molecule has 0 heterocycles. The van der Waals surface area contributed by atoms with E-state index in [4.69, 9.17) is 11.6 Å². The minimum atomic E-state index is 0.0529. The van der Waals surface area contributed by atoms with Crippen molar-refractivity contribution in [2.75, 3.05) is 20.6 Å². The van der Waals surface area contributed by atoms with E-state index in [0.29, 0.717) is 11.4 Å². The van der Waals surface area contributed by atoms with Crippen molar-refractivity contribution >= 4 is 17.5 Å². The number of hydrogen-bond donors (Lipinski definition) is 1. The lowest BCUT2D eigenvalue weighted by molar-refractivity contribution is -0.121. The second kappa shape index (κ2) is 7.39. The molecule has 1 atom stereocenters. The van der Waals surface area contributed by atoms with Crippen LogP contribution in [0.15, 0.2) is 24.3 Å². The van der Waals surface area contributed by atoms with Gasteiger partial charge in [-0.1, -0.05) is 30.7 Å². The monoisotopic (exact) mass is 268 g/mol. The smallest absolute Gasteiger partial charge is 0.220 e. The first-order valence-electron chi connectivity index (χ1n) is 6.22. The summed E-state index contributed by atoms with van der Waals surface area (Å²) in [6.07, 6.45) is 1.40. The molecule has 0 aromatic heterocycles. The summed E-state index contributed by atoms with van der Waals surface area (Å²) in [5, 5.41) is 3.76. The normalized spacial score (nSPS) is 12.5. The van der Waals surface area contributed by atoms with E-state index in [9.17, 15) is 4.79 Å². The van der Waals surface area contributed by atoms with E-state index in [1.165, 1.54) is 0 Å². The van der Waals surface area contributed by atoms with Crippen LogP contribution in [0.3, 0.4) is 0 Å². The van der Waals surface area contributed by atoms with Crippen molar-refractivity contribution in [3.05, 3.63) is 34.9 Å². The van der Waals surface area contributed by atoms with E-state index in [2.05, 4.69) is 10.2 Å². The van der Waals surface area contributed by atoms with Crippen LogP contribution in [0.4, 0.5) is 0 Å². The lowest BCUT2D eigenvalue weighted by atomic mass is 10.0. The number of amides is 1. The zero-order valence-electron chi connectivity index (χ0n) is 11.2. The van der Waals surface area contributed by atoms with Crippen LogP contribution in [0, 0.1) is 0 Å². The van der Waals surface area contributed by atoms with Gasteiger partial charge in [0, 0.05) is 11.4 Å². The average molecular weight is 269 g/mol. The number of benzene rings is 1. The molecule has 1 amide bonds. The average Bonchev–Trinajstić information content (AvgIpc) is 2.35. The number of carbonyl (C=O) groups excluding carboxylic acids is 1. The highest BCUT2D eigenvalue weighted by molar-refractivity contribution is 6.30. The molecule has 1 rings (SSSR count). The predicted molar refractivity (Wildman–Crippen MR) is 75.8 cm³/mol. The van der Waals surface area contributed by atoms with Crippen LogP contribution in [0.1, 0.15) is 31.4 Å². The second-order valence-electron chi connectivity index (χ2n) is 4.62. The summed E-state index contributed by atoms with van der Waals surface area (Å²) in [6, 6.07) is 7.71. The van der Waals surface area contributed by atoms with Crippen molar-refractivity contribution in [1.82, 2.24) is 10.2 Å². The topological polar surface area (TPSA) is 32.3 Å². The molecule has 1 aromatic rings. The lowest BCUT2D eigenvalue weighted by Gasteiger charge is -2.21. The standard InChI is InChI=1S/C14H21ClN2O/c1-4-14(18)16-13(9-10-17(2)3)11-5-7-12(15)8-6-11/h5-8,13H,4,9-10H2,1-3H3,(H,16,18). The van der Waals surface area contributed by atoms with Crippen LogP contribution >= 0.6 is 11.6 Å². The van der Waals surface area contributed by atoms with E-state index in [1.54, 1.807) is 0 Å². The fourth-order valence-corrected chi connectivity index (χ4v) is 1.83. The Kier molecular flexibility index (Phi) is 6.16. The quantitative estimate of drug-likeness (QED) is 0.860. The van der Waals surface area contributed by atoms with Crippen molar-refractivity contribution in [1.29, 1.82) is 0 Å². The number of nitrogens with one attached hydrogen (secondary N) is 1. The molecular weight excluding hydrogens is 248 g/mol.